The van der Waals surface area contributed by atoms with E-state index in [-0.39, 0.29) is 38.8 Å². The molecule has 1 aliphatic heterocycles. The quantitative estimate of drug-likeness (QED) is 0.722. The van der Waals surface area contributed by atoms with Gasteiger partial charge < -0.3 is 0 Å². The van der Waals surface area contributed by atoms with Crippen LogP contribution in [-0.2, 0) is 9.31 Å². The molecule has 1 fully saturated rings. The molecular weight excluding hydrogens is 291 g/mol. The molecule has 14 heavy (non-hydrogen) atoms. The van der Waals surface area contributed by atoms with E-state index < -0.39 is 0 Å². The van der Waals surface area contributed by atoms with Gasteiger partial charge in [0.2, 0.25) is 0 Å². The van der Waals surface area contributed by atoms with E-state index in [1.165, 1.54) is 5.46 Å². The molecule has 1 aromatic heterocycles. The minimum atomic E-state index is -0.213. The molecule has 0 bridgehead atoms. The van der Waals surface area contributed by atoms with Crippen LogP contribution in [-0.4, -0.2) is 38.8 Å². The molecule has 0 saturated carbocycles. The fourth-order valence-corrected chi connectivity index (χ4v) is 3.28. The van der Waals surface area contributed by atoms with Gasteiger partial charge in [0.15, 0.2) is 0 Å². The van der Waals surface area contributed by atoms with Crippen molar-refractivity contribution in [2.24, 2.45) is 0 Å². The van der Waals surface area contributed by atoms with E-state index in [9.17, 15) is 0 Å². The van der Waals surface area contributed by atoms with Gasteiger partial charge in [-0.05, 0) is 0 Å². The summed E-state index contributed by atoms with van der Waals surface area (Å²) in [5, 5.41) is 0. The molecule has 0 aliphatic carbocycles. The standard InChI is InChI=1S/C10H15BO2Te/c1-9(2)10(3,4)13-11(12-9)8-5-6-14-7-8/h5-7H,1-4H3. The van der Waals surface area contributed by atoms with Gasteiger partial charge in [-0.25, -0.2) is 0 Å². The van der Waals surface area contributed by atoms with Crippen molar-refractivity contribution in [1.29, 1.82) is 0 Å². The summed E-state index contributed by atoms with van der Waals surface area (Å²) in [6.45, 7) is 8.34. The Hall–Kier alpha value is 0.255. The van der Waals surface area contributed by atoms with Gasteiger partial charge >= 0.3 is 95.4 Å². The summed E-state index contributed by atoms with van der Waals surface area (Å²) in [7, 11) is -0.149. The van der Waals surface area contributed by atoms with E-state index >= 15 is 0 Å². The summed E-state index contributed by atoms with van der Waals surface area (Å²) in [6.07, 6.45) is 0. The second kappa shape index (κ2) is 3.38. The van der Waals surface area contributed by atoms with Crippen LogP contribution < -0.4 is 5.46 Å². The van der Waals surface area contributed by atoms with Crippen molar-refractivity contribution < 1.29 is 9.31 Å². The fraction of sp³-hybridized carbons (Fsp3) is 0.600. The third-order valence-electron chi connectivity index (χ3n) is 3.07. The molecule has 0 aromatic carbocycles. The molecule has 1 saturated heterocycles. The Kier molecular flexibility index (Phi) is 2.60. The predicted octanol–water partition coefficient (Wildman–Crippen LogP) is 1.04. The van der Waals surface area contributed by atoms with Crippen LogP contribution in [0.25, 0.3) is 0 Å². The Morgan fingerprint density at radius 2 is 1.71 bits per heavy atom. The molecule has 1 aliphatic rings. The van der Waals surface area contributed by atoms with Crippen molar-refractivity contribution in [3.05, 3.63) is 14.2 Å². The van der Waals surface area contributed by atoms with Gasteiger partial charge in [0.05, 0.1) is 0 Å². The van der Waals surface area contributed by atoms with Gasteiger partial charge in [-0.3, -0.25) is 0 Å². The molecule has 2 nitrogen and oxygen atoms in total. The average Bonchev–Trinajstić information content (AvgIpc) is 2.58. The molecule has 0 spiro atoms. The molecule has 0 amide bonds. The third-order valence-corrected chi connectivity index (χ3v) is 5.07. The van der Waals surface area contributed by atoms with E-state index in [1.54, 1.807) is 0 Å². The molecule has 2 heterocycles. The topological polar surface area (TPSA) is 18.5 Å². The molecule has 0 unspecified atom stereocenters. The summed E-state index contributed by atoms with van der Waals surface area (Å²) in [5.74, 6) is 0. The molecular formula is C10H15BO2Te. The van der Waals surface area contributed by atoms with Crippen LogP contribution in [0.5, 0.6) is 0 Å². The first kappa shape index (κ1) is 10.8. The summed E-state index contributed by atoms with van der Waals surface area (Å²) < 4.78 is 16.4. The number of rotatable bonds is 1. The van der Waals surface area contributed by atoms with Crippen molar-refractivity contribution in [3.63, 3.8) is 0 Å². The van der Waals surface area contributed by atoms with Gasteiger partial charge in [0.1, 0.15) is 0 Å². The first-order valence-electron chi connectivity index (χ1n) is 4.80. The van der Waals surface area contributed by atoms with Crippen LogP contribution in [0.4, 0.5) is 0 Å². The normalized spacial score (nSPS) is 24.1. The predicted molar refractivity (Wildman–Crippen MR) is 59.1 cm³/mol. The van der Waals surface area contributed by atoms with Gasteiger partial charge in [0.25, 0.3) is 0 Å². The molecule has 0 radical (unpaired) electrons. The van der Waals surface area contributed by atoms with Crippen LogP contribution in [0.1, 0.15) is 27.7 Å². The SMILES string of the molecule is CC1(C)OB(c2cc[te]c2)OC1(C)C. The van der Waals surface area contributed by atoms with E-state index in [0.717, 1.165) is 0 Å². The van der Waals surface area contributed by atoms with Crippen LogP contribution in [0.3, 0.4) is 0 Å². The summed E-state index contributed by atoms with van der Waals surface area (Å²) in [6, 6.07) is 2.14. The van der Waals surface area contributed by atoms with Crippen molar-refractivity contribution in [3.8, 4) is 0 Å². The van der Waals surface area contributed by atoms with Crippen LogP contribution >= 0.6 is 0 Å². The average molecular weight is 306 g/mol. The zero-order chi connectivity index (χ0) is 10.4. The van der Waals surface area contributed by atoms with E-state index in [2.05, 4.69) is 41.9 Å². The van der Waals surface area contributed by atoms with E-state index in [0.29, 0.717) is 0 Å². The second-order valence-corrected chi connectivity index (χ2v) is 6.87. The second-order valence-electron chi connectivity index (χ2n) is 4.64. The van der Waals surface area contributed by atoms with Gasteiger partial charge in [-0.2, -0.15) is 0 Å². The molecule has 0 atom stereocenters. The molecule has 1 aromatic rings. The van der Waals surface area contributed by atoms with E-state index in [4.69, 9.17) is 9.31 Å². The fourth-order valence-electron chi connectivity index (χ4n) is 1.39. The summed E-state index contributed by atoms with van der Waals surface area (Å²) in [5.41, 5.74) is 0.788. The van der Waals surface area contributed by atoms with Gasteiger partial charge in [-0.1, -0.05) is 0 Å². The third kappa shape index (κ3) is 1.70. The number of hydrogen-bond donors (Lipinski definition) is 0. The Morgan fingerprint density at radius 1 is 1.14 bits per heavy atom. The molecule has 2 rings (SSSR count). The Labute approximate surface area is 95.4 Å². The number of hydrogen-bond acceptors (Lipinski definition) is 2. The van der Waals surface area contributed by atoms with Crippen LogP contribution in [0.15, 0.2) is 14.2 Å². The molecule has 76 valence electrons. The Morgan fingerprint density at radius 3 is 2.14 bits per heavy atom. The Balaban J connectivity index is 2.22. The van der Waals surface area contributed by atoms with Crippen LogP contribution in [0, 0.1) is 0 Å². The maximum atomic E-state index is 5.93. The molecule has 4 heteroatoms. The van der Waals surface area contributed by atoms with E-state index in [1.807, 2.05) is 0 Å². The van der Waals surface area contributed by atoms with Crippen molar-refractivity contribution >= 4 is 33.0 Å². The first-order valence-corrected chi connectivity index (χ1v) is 7.49. The Bertz CT molecular complexity index is 303. The monoisotopic (exact) mass is 308 g/mol. The van der Waals surface area contributed by atoms with Crippen molar-refractivity contribution in [2.75, 3.05) is 0 Å². The van der Waals surface area contributed by atoms with Gasteiger partial charge in [0, 0.05) is 0 Å². The zero-order valence-corrected chi connectivity index (χ0v) is 11.4. The zero-order valence-electron chi connectivity index (χ0n) is 9.03. The summed E-state index contributed by atoms with van der Waals surface area (Å²) >= 11 is -0.0416. The van der Waals surface area contributed by atoms with Crippen molar-refractivity contribution in [2.45, 2.75) is 38.9 Å². The molecule has 0 N–H and O–H groups in total. The summed E-state index contributed by atoms with van der Waals surface area (Å²) in [4.78, 5) is 0. The first-order chi connectivity index (χ1) is 6.42. The van der Waals surface area contributed by atoms with Crippen LogP contribution in [0.2, 0.25) is 0 Å². The van der Waals surface area contributed by atoms with Crippen molar-refractivity contribution in [1.82, 2.24) is 0 Å². The maximum absolute atomic E-state index is 5.93. The van der Waals surface area contributed by atoms with Gasteiger partial charge in [-0.15, -0.1) is 0 Å². The minimum absolute atomic E-state index is 0.0416.